The average molecular weight is 491 g/mol. The number of rotatable bonds is 24. The Kier molecular flexibility index (Phi) is 21.3. The second-order valence-corrected chi connectivity index (χ2v) is 9.19. The highest BCUT2D eigenvalue weighted by molar-refractivity contribution is 7.48. The summed E-state index contributed by atoms with van der Waals surface area (Å²) >= 11 is 0. The molecule has 0 aliphatic rings. The van der Waals surface area contributed by atoms with Gasteiger partial charge >= 0.3 is 19.8 Å². The molecule has 0 rings (SSSR count). The minimum absolute atomic E-state index is 0.268. The minimum atomic E-state index is -3.50. The van der Waals surface area contributed by atoms with Gasteiger partial charge in [0.2, 0.25) is 0 Å². The van der Waals surface area contributed by atoms with Crippen LogP contribution in [0.4, 0.5) is 0 Å². The van der Waals surface area contributed by atoms with Crippen molar-refractivity contribution in [3.8, 4) is 0 Å². The van der Waals surface area contributed by atoms with E-state index < -0.39 is 7.82 Å². The molecule has 0 unspecified atom stereocenters. The number of hydrogen-bond acceptors (Lipinski definition) is 8. The highest BCUT2D eigenvalue weighted by Gasteiger charge is 2.25. The Hall–Kier alpha value is -1.47. The van der Waals surface area contributed by atoms with Crippen LogP contribution in [0.15, 0.2) is 25.3 Å². The molecule has 0 aromatic carbocycles. The van der Waals surface area contributed by atoms with Crippen LogP contribution in [-0.4, -0.2) is 45.0 Å². The molecule has 0 radical (unpaired) electrons. The monoisotopic (exact) mass is 490 g/mol. The zero-order chi connectivity index (χ0) is 24.6. The summed E-state index contributed by atoms with van der Waals surface area (Å²) in [7, 11) is -3.50. The van der Waals surface area contributed by atoms with Crippen LogP contribution >= 0.6 is 7.82 Å². The lowest BCUT2D eigenvalue weighted by Gasteiger charge is -2.17. The van der Waals surface area contributed by atoms with E-state index in [4.69, 9.17) is 23.0 Å². The van der Waals surface area contributed by atoms with Crippen molar-refractivity contribution in [1.29, 1.82) is 0 Å². The Morgan fingerprint density at radius 1 is 0.606 bits per heavy atom. The quantitative estimate of drug-likeness (QED) is 0.0672. The lowest BCUT2D eigenvalue weighted by Crippen LogP contribution is -2.03. The molecule has 0 saturated carbocycles. The van der Waals surface area contributed by atoms with Crippen LogP contribution in [0.3, 0.4) is 0 Å². The first kappa shape index (κ1) is 31.5. The van der Waals surface area contributed by atoms with E-state index in [1.165, 1.54) is 12.2 Å². The molecule has 8 nitrogen and oxygen atoms in total. The third kappa shape index (κ3) is 20.8. The number of unbranched alkanes of at least 4 members (excludes halogenated alkanes) is 10. The summed E-state index contributed by atoms with van der Waals surface area (Å²) in [6.07, 6.45) is 13.7. The molecule has 0 bridgehead atoms. The molecule has 0 aliphatic heterocycles. The van der Waals surface area contributed by atoms with Gasteiger partial charge in [-0.15, -0.1) is 0 Å². The van der Waals surface area contributed by atoms with Crippen LogP contribution in [-0.2, 0) is 37.2 Å². The zero-order valence-corrected chi connectivity index (χ0v) is 21.2. The van der Waals surface area contributed by atoms with Gasteiger partial charge in [-0.3, -0.25) is 13.6 Å². The minimum Gasteiger partial charge on any atom is -0.463 e. The van der Waals surface area contributed by atoms with Crippen molar-refractivity contribution in [2.24, 2.45) is 0 Å². The first-order chi connectivity index (χ1) is 16.0. The largest absolute Gasteiger partial charge is 0.474 e. The normalized spacial score (nSPS) is 11.2. The summed E-state index contributed by atoms with van der Waals surface area (Å²) in [5.74, 6) is -0.761. The number of carbonyl (C=O) groups excluding carboxylic acids is 2. The maximum absolute atomic E-state index is 12.6. The van der Waals surface area contributed by atoms with Crippen LogP contribution in [0.2, 0.25) is 0 Å². The van der Waals surface area contributed by atoms with Gasteiger partial charge in [0.05, 0.1) is 33.0 Å². The third-order valence-corrected chi connectivity index (χ3v) is 6.26. The molecule has 0 amide bonds. The second-order valence-electron chi connectivity index (χ2n) is 7.52. The van der Waals surface area contributed by atoms with Crippen molar-refractivity contribution >= 4 is 19.8 Å². The predicted molar refractivity (Wildman–Crippen MR) is 129 cm³/mol. The molecule has 0 fully saturated rings. The van der Waals surface area contributed by atoms with Crippen LogP contribution in [0.1, 0.15) is 84.0 Å². The molecule has 0 heterocycles. The Bertz CT molecular complexity index is 535. The van der Waals surface area contributed by atoms with Crippen molar-refractivity contribution < 1.29 is 37.2 Å². The van der Waals surface area contributed by atoms with Crippen LogP contribution in [0.5, 0.6) is 0 Å². The van der Waals surface area contributed by atoms with Gasteiger partial charge in [0.1, 0.15) is 0 Å². The average Bonchev–Trinajstić information content (AvgIpc) is 2.81. The maximum atomic E-state index is 12.6. The molecule has 0 N–H and O–H groups in total. The molecule has 0 aromatic heterocycles. The van der Waals surface area contributed by atoms with Crippen molar-refractivity contribution in [3.63, 3.8) is 0 Å². The molecule has 0 spiro atoms. The smallest absolute Gasteiger partial charge is 0.463 e. The van der Waals surface area contributed by atoms with Gasteiger partial charge in [-0.2, -0.15) is 0 Å². The van der Waals surface area contributed by atoms with Crippen molar-refractivity contribution in [2.75, 3.05) is 33.0 Å². The van der Waals surface area contributed by atoms with E-state index in [9.17, 15) is 14.2 Å². The number of carbonyl (C=O) groups is 2. The molecular weight excluding hydrogens is 447 g/mol. The molecule has 192 valence electrons. The van der Waals surface area contributed by atoms with E-state index in [-0.39, 0.29) is 18.5 Å². The Morgan fingerprint density at radius 3 is 1.27 bits per heavy atom. The van der Waals surface area contributed by atoms with Gasteiger partial charge in [0.25, 0.3) is 0 Å². The molecule has 0 aromatic rings. The second kappa shape index (κ2) is 22.3. The summed E-state index contributed by atoms with van der Waals surface area (Å²) in [4.78, 5) is 21.8. The van der Waals surface area contributed by atoms with Crippen LogP contribution < -0.4 is 0 Å². The summed E-state index contributed by atoms with van der Waals surface area (Å²) in [5.41, 5.74) is 0. The Balaban J connectivity index is 3.68. The molecular formula is C24H43O8P. The number of phosphoric ester groups is 1. The van der Waals surface area contributed by atoms with Crippen molar-refractivity contribution in [3.05, 3.63) is 25.3 Å². The standard InChI is InChI=1S/C24H43O8P/c1-4-23(25)28-19-15-11-7-9-13-17-21-31-33(27,30-6-3)32-22-18-14-10-8-12-16-20-29-24(26)5-2/h4-5H,1-2,6-22H2,3H3. The van der Waals surface area contributed by atoms with Crippen LogP contribution in [0.25, 0.3) is 0 Å². The van der Waals surface area contributed by atoms with Crippen molar-refractivity contribution in [2.45, 2.75) is 84.0 Å². The van der Waals surface area contributed by atoms with Gasteiger partial charge in [0, 0.05) is 12.2 Å². The number of phosphoric acid groups is 1. The highest BCUT2D eigenvalue weighted by atomic mass is 31.2. The van der Waals surface area contributed by atoms with E-state index in [0.29, 0.717) is 26.4 Å². The zero-order valence-electron chi connectivity index (χ0n) is 20.3. The van der Waals surface area contributed by atoms with Gasteiger partial charge in [0.15, 0.2) is 0 Å². The topological polar surface area (TPSA) is 97.4 Å². The van der Waals surface area contributed by atoms with E-state index >= 15 is 0 Å². The number of hydrogen-bond donors (Lipinski definition) is 0. The van der Waals surface area contributed by atoms with Gasteiger partial charge in [-0.05, 0) is 32.6 Å². The van der Waals surface area contributed by atoms with Crippen LogP contribution in [0, 0.1) is 0 Å². The number of ether oxygens (including phenoxy) is 2. The fourth-order valence-corrected chi connectivity index (χ4v) is 4.15. The molecule has 9 heteroatoms. The summed E-state index contributed by atoms with van der Waals surface area (Å²) in [5, 5.41) is 0. The first-order valence-corrected chi connectivity index (χ1v) is 13.6. The lowest BCUT2D eigenvalue weighted by molar-refractivity contribution is -0.138. The SMILES string of the molecule is C=CC(=O)OCCCCCCCCOP(=O)(OCC)OCCCCCCCCOC(=O)C=C. The lowest BCUT2D eigenvalue weighted by atomic mass is 10.1. The first-order valence-electron chi connectivity index (χ1n) is 12.1. The number of esters is 2. The van der Waals surface area contributed by atoms with Crippen molar-refractivity contribution in [1.82, 2.24) is 0 Å². The molecule has 0 aliphatic carbocycles. The predicted octanol–water partition coefficient (Wildman–Crippen LogP) is 6.30. The van der Waals surface area contributed by atoms with E-state index in [1.807, 2.05) is 0 Å². The summed E-state index contributed by atoms with van der Waals surface area (Å²) in [6, 6.07) is 0. The Labute approximate surface area is 199 Å². The maximum Gasteiger partial charge on any atom is 0.474 e. The van der Waals surface area contributed by atoms with E-state index in [2.05, 4.69) is 13.2 Å². The van der Waals surface area contributed by atoms with Gasteiger partial charge in [-0.25, -0.2) is 14.2 Å². The molecule has 33 heavy (non-hydrogen) atoms. The summed E-state index contributed by atoms with van der Waals surface area (Å²) < 4.78 is 38.6. The molecule has 0 saturated heterocycles. The molecule has 0 atom stereocenters. The fraction of sp³-hybridized carbons (Fsp3) is 0.750. The van der Waals surface area contributed by atoms with E-state index in [1.54, 1.807) is 6.92 Å². The highest BCUT2D eigenvalue weighted by Crippen LogP contribution is 2.49. The Morgan fingerprint density at radius 2 is 0.939 bits per heavy atom. The van der Waals surface area contributed by atoms with Gasteiger partial charge in [-0.1, -0.05) is 64.5 Å². The third-order valence-electron chi connectivity index (χ3n) is 4.69. The summed E-state index contributed by atoms with van der Waals surface area (Å²) in [6.45, 7) is 10.3. The van der Waals surface area contributed by atoms with Gasteiger partial charge < -0.3 is 9.47 Å². The van der Waals surface area contributed by atoms with E-state index in [0.717, 1.165) is 77.0 Å². The fourth-order valence-electron chi connectivity index (χ4n) is 2.91.